The van der Waals surface area contributed by atoms with Gasteiger partial charge in [0.25, 0.3) is 5.91 Å². The Morgan fingerprint density at radius 1 is 1.14 bits per heavy atom. The van der Waals surface area contributed by atoms with Gasteiger partial charge in [0.1, 0.15) is 6.33 Å². The van der Waals surface area contributed by atoms with Crippen LogP contribution in [-0.4, -0.2) is 49.3 Å². The van der Waals surface area contributed by atoms with Crippen molar-refractivity contribution in [1.29, 1.82) is 0 Å². The van der Waals surface area contributed by atoms with E-state index in [1.165, 1.54) is 44.7 Å². The van der Waals surface area contributed by atoms with Crippen LogP contribution in [-0.2, 0) is 14.8 Å². The average molecular weight is 465 g/mol. The fourth-order valence-corrected chi connectivity index (χ4v) is 3.63. The van der Waals surface area contributed by atoms with E-state index in [1.807, 2.05) is 18.2 Å². The van der Waals surface area contributed by atoms with Gasteiger partial charge in [-0.2, -0.15) is 0 Å². The molecule has 1 heterocycles. The van der Waals surface area contributed by atoms with Crippen LogP contribution in [0, 0.1) is 0 Å². The predicted molar refractivity (Wildman–Crippen MR) is 109 cm³/mol. The number of carbonyl (C=O) groups is 1. The van der Waals surface area contributed by atoms with Crippen molar-refractivity contribution in [2.24, 2.45) is 0 Å². The molecule has 1 N–H and O–H groups in total. The highest BCUT2D eigenvalue weighted by atomic mass is 79.9. The van der Waals surface area contributed by atoms with Crippen LogP contribution in [0.3, 0.4) is 0 Å². The molecular weight excluding hydrogens is 448 g/mol. The van der Waals surface area contributed by atoms with E-state index < -0.39 is 15.9 Å². The first-order chi connectivity index (χ1) is 13.3. The molecule has 10 heteroatoms. The molecule has 0 saturated carbocycles. The van der Waals surface area contributed by atoms with Crippen LogP contribution in [0.25, 0.3) is 10.9 Å². The Morgan fingerprint density at radius 2 is 1.86 bits per heavy atom. The van der Waals surface area contributed by atoms with Gasteiger partial charge >= 0.3 is 0 Å². The molecule has 2 aromatic carbocycles. The zero-order valence-electron chi connectivity index (χ0n) is 15.1. The molecule has 3 aromatic rings. The Bertz CT molecular complexity index is 1120. The van der Waals surface area contributed by atoms with Crippen molar-refractivity contribution in [3.05, 3.63) is 53.3 Å². The smallest absolute Gasteiger partial charge is 0.262 e. The summed E-state index contributed by atoms with van der Waals surface area (Å²) < 4.78 is 31.6. The molecule has 0 aliphatic carbocycles. The Kier molecular flexibility index (Phi) is 5.92. The number of carbonyl (C=O) groups excluding carboxylic acids is 1. The van der Waals surface area contributed by atoms with Crippen molar-refractivity contribution in [3.63, 3.8) is 0 Å². The van der Waals surface area contributed by atoms with Crippen LogP contribution in [0.2, 0.25) is 0 Å². The third kappa shape index (κ3) is 4.46. The summed E-state index contributed by atoms with van der Waals surface area (Å²) in [5.41, 5.74) is 1.16. The molecule has 0 spiro atoms. The Hall–Kier alpha value is -2.56. The van der Waals surface area contributed by atoms with Crippen LogP contribution < -0.4 is 10.1 Å². The third-order valence-corrected chi connectivity index (χ3v) is 6.14. The highest BCUT2D eigenvalue weighted by Crippen LogP contribution is 2.25. The number of hydrogen-bond acceptors (Lipinski definition) is 6. The summed E-state index contributed by atoms with van der Waals surface area (Å²) in [5, 5.41) is 3.34. The molecule has 28 heavy (non-hydrogen) atoms. The molecule has 0 atom stereocenters. The van der Waals surface area contributed by atoms with Crippen LogP contribution in [0.5, 0.6) is 5.88 Å². The molecule has 146 valence electrons. The third-order valence-electron chi connectivity index (χ3n) is 3.82. The van der Waals surface area contributed by atoms with E-state index in [0.717, 1.165) is 8.78 Å². The van der Waals surface area contributed by atoms with Crippen LogP contribution in [0.1, 0.15) is 0 Å². The van der Waals surface area contributed by atoms with E-state index in [4.69, 9.17) is 4.74 Å². The van der Waals surface area contributed by atoms with Gasteiger partial charge in [0, 0.05) is 24.3 Å². The summed E-state index contributed by atoms with van der Waals surface area (Å²) >= 11 is 3.38. The van der Waals surface area contributed by atoms with E-state index in [2.05, 4.69) is 31.2 Å². The molecule has 0 radical (unpaired) electrons. The van der Waals surface area contributed by atoms with Crippen molar-refractivity contribution >= 4 is 48.5 Å². The minimum atomic E-state index is -3.51. The van der Waals surface area contributed by atoms with Gasteiger partial charge in [0.05, 0.1) is 15.8 Å². The number of halogens is 1. The van der Waals surface area contributed by atoms with Gasteiger partial charge in [-0.05, 0) is 42.5 Å². The maximum absolute atomic E-state index is 12.2. The lowest BCUT2D eigenvalue weighted by molar-refractivity contribution is -0.118. The first kappa shape index (κ1) is 20.2. The number of nitrogens with zero attached hydrogens (tertiary/aromatic N) is 3. The summed E-state index contributed by atoms with van der Waals surface area (Å²) in [4.78, 5) is 20.5. The van der Waals surface area contributed by atoms with Crippen molar-refractivity contribution in [1.82, 2.24) is 14.3 Å². The number of benzene rings is 2. The largest absolute Gasteiger partial charge is 0.467 e. The van der Waals surface area contributed by atoms with E-state index in [-0.39, 0.29) is 11.5 Å². The van der Waals surface area contributed by atoms with E-state index in [9.17, 15) is 13.2 Å². The second-order valence-electron chi connectivity index (χ2n) is 5.99. The maximum atomic E-state index is 12.2. The zero-order valence-corrected chi connectivity index (χ0v) is 17.5. The lowest BCUT2D eigenvalue weighted by Crippen LogP contribution is -2.22. The molecule has 0 unspecified atom stereocenters. The number of fused-ring (bicyclic) bond motifs is 1. The summed E-state index contributed by atoms with van der Waals surface area (Å²) in [6.07, 6.45) is 1.37. The number of aromatic nitrogens is 2. The van der Waals surface area contributed by atoms with Gasteiger partial charge in [-0.3, -0.25) is 4.79 Å². The van der Waals surface area contributed by atoms with Gasteiger partial charge in [-0.15, -0.1) is 0 Å². The number of anilines is 1. The zero-order chi connectivity index (χ0) is 20.3. The number of rotatable bonds is 6. The lowest BCUT2D eigenvalue weighted by Gasteiger charge is -2.12. The Morgan fingerprint density at radius 3 is 2.54 bits per heavy atom. The number of hydrogen-bond donors (Lipinski definition) is 1. The van der Waals surface area contributed by atoms with E-state index >= 15 is 0 Å². The van der Waals surface area contributed by atoms with Crippen molar-refractivity contribution in [2.45, 2.75) is 4.90 Å². The van der Waals surface area contributed by atoms with Crippen LogP contribution in [0.4, 0.5) is 5.69 Å². The monoisotopic (exact) mass is 464 g/mol. The predicted octanol–water partition coefficient (Wildman–Crippen LogP) is 2.66. The highest BCUT2D eigenvalue weighted by molar-refractivity contribution is 9.10. The second kappa shape index (κ2) is 8.21. The molecule has 1 amide bonds. The SMILES string of the molecule is CN(C)S(=O)(=O)c1ccc(NC(=O)COc2ncnc3ccc(Br)cc23)cc1. The summed E-state index contributed by atoms with van der Waals surface area (Å²) in [5.74, 6) is -0.0983. The molecule has 0 fully saturated rings. The van der Waals surface area contributed by atoms with Gasteiger partial charge in [-0.25, -0.2) is 22.7 Å². The molecule has 3 rings (SSSR count). The summed E-state index contributed by atoms with van der Waals surface area (Å²) in [6.45, 7) is -0.254. The molecule has 0 saturated heterocycles. The number of nitrogens with one attached hydrogen (secondary N) is 1. The minimum Gasteiger partial charge on any atom is -0.467 e. The average Bonchev–Trinajstić information content (AvgIpc) is 2.66. The second-order valence-corrected chi connectivity index (χ2v) is 9.06. The molecule has 0 aliphatic heterocycles. The van der Waals surface area contributed by atoms with Crippen molar-refractivity contribution in [3.8, 4) is 5.88 Å². The topological polar surface area (TPSA) is 101 Å². The normalized spacial score (nSPS) is 11.6. The van der Waals surface area contributed by atoms with Crippen LogP contribution in [0.15, 0.2) is 58.2 Å². The first-order valence-corrected chi connectivity index (χ1v) is 10.4. The molecule has 8 nitrogen and oxygen atoms in total. The summed E-state index contributed by atoms with van der Waals surface area (Å²) in [6, 6.07) is 11.4. The van der Waals surface area contributed by atoms with E-state index in [1.54, 1.807) is 0 Å². The van der Waals surface area contributed by atoms with Gasteiger partial charge in [0.2, 0.25) is 15.9 Å². The van der Waals surface area contributed by atoms with Gasteiger partial charge in [0.15, 0.2) is 6.61 Å². The van der Waals surface area contributed by atoms with Crippen LogP contribution >= 0.6 is 15.9 Å². The van der Waals surface area contributed by atoms with E-state index in [0.29, 0.717) is 22.5 Å². The number of amides is 1. The van der Waals surface area contributed by atoms with Crippen molar-refractivity contribution < 1.29 is 17.9 Å². The standard InChI is InChI=1S/C18H17BrN4O4S/c1-23(2)28(25,26)14-6-4-13(5-7-14)22-17(24)10-27-18-15-9-12(19)3-8-16(15)20-11-21-18/h3-9,11H,10H2,1-2H3,(H,22,24). The fourth-order valence-electron chi connectivity index (χ4n) is 2.37. The Balaban J connectivity index is 1.66. The molecule has 1 aromatic heterocycles. The molecule has 0 bridgehead atoms. The maximum Gasteiger partial charge on any atom is 0.262 e. The lowest BCUT2D eigenvalue weighted by atomic mass is 10.2. The number of ether oxygens (including phenoxy) is 1. The van der Waals surface area contributed by atoms with Gasteiger partial charge < -0.3 is 10.1 Å². The fraction of sp³-hybridized carbons (Fsp3) is 0.167. The van der Waals surface area contributed by atoms with Gasteiger partial charge in [-0.1, -0.05) is 15.9 Å². The van der Waals surface area contributed by atoms with Crippen molar-refractivity contribution in [2.75, 3.05) is 26.0 Å². The Labute approximate surface area is 170 Å². The number of sulfonamides is 1. The quantitative estimate of drug-likeness (QED) is 0.601. The molecule has 0 aliphatic rings. The first-order valence-electron chi connectivity index (χ1n) is 8.13. The molecular formula is C18H17BrN4O4S. The minimum absolute atomic E-state index is 0.143. The summed E-state index contributed by atoms with van der Waals surface area (Å²) in [7, 11) is -0.603. The highest BCUT2D eigenvalue weighted by Gasteiger charge is 2.17.